The van der Waals surface area contributed by atoms with Crippen molar-refractivity contribution in [1.82, 2.24) is 5.32 Å². The minimum absolute atomic E-state index is 0.182. The second-order valence-corrected chi connectivity index (χ2v) is 4.52. The first kappa shape index (κ1) is 13.4. The Kier molecular flexibility index (Phi) is 3.92. The number of halogens is 3. The second kappa shape index (κ2) is 5.28. The average Bonchev–Trinajstić information content (AvgIpc) is 2.71. The number of ether oxygens (including phenoxy) is 1. The molecule has 18 heavy (non-hydrogen) atoms. The van der Waals surface area contributed by atoms with E-state index >= 15 is 0 Å². The van der Waals surface area contributed by atoms with Crippen LogP contribution in [0.15, 0.2) is 30.3 Å². The van der Waals surface area contributed by atoms with Crippen molar-refractivity contribution in [1.29, 1.82) is 0 Å². The molecule has 0 aromatic heterocycles. The first-order valence-electron chi connectivity index (χ1n) is 5.98. The van der Waals surface area contributed by atoms with Gasteiger partial charge in [-0.15, -0.1) is 0 Å². The second-order valence-electron chi connectivity index (χ2n) is 4.52. The van der Waals surface area contributed by atoms with Crippen LogP contribution in [0.25, 0.3) is 0 Å². The van der Waals surface area contributed by atoms with Crippen LogP contribution >= 0.6 is 0 Å². The van der Waals surface area contributed by atoms with Gasteiger partial charge in [0, 0.05) is 12.6 Å². The fraction of sp³-hybridized carbons (Fsp3) is 0.538. The van der Waals surface area contributed by atoms with E-state index in [1.165, 1.54) is 12.1 Å². The van der Waals surface area contributed by atoms with Gasteiger partial charge in [-0.25, -0.2) is 0 Å². The van der Waals surface area contributed by atoms with E-state index in [-0.39, 0.29) is 17.7 Å². The van der Waals surface area contributed by atoms with Crippen molar-refractivity contribution in [2.45, 2.75) is 37.7 Å². The highest BCUT2D eigenvalue weighted by atomic mass is 19.4. The number of alkyl halides is 3. The Balaban J connectivity index is 2.16. The van der Waals surface area contributed by atoms with E-state index in [1.54, 1.807) is 25.1 Å². The van der Waals surface area contributed by atoms with Crippen LogP contribution in [0.1, 0.15) is 24.9 Å². The van der Waals surface area contributed by atoms with Gasteiger partial charge in [0.2, 0.25) is 0 Å². The lowest BCUT2D eigenvalue weighted by Gasteiger charge is -2.27. The summed E-state index contributed by atoms with van der Waals surface area (Å²) >= 11 is 0. The molecule has 5 heteroatoms. The number of hydrogen-bond acceptors (Lipinski definition) is 2. The van der Waals surface area contributed by atoms with Gasteiger partial charge in [-0.3, -0.25) is 5.32 Å². The quantitative estimate of drug-likeness (QED) is 0.900. The molecule has 2 rings (SSSR count). The smallest absolute Gasteiger partial charge is 0.377 e. The highest BCUT2D eigenvalue weighted by molar-refractivity contribution is 5.20. The highest BCUT2D eigenvalue weighted by Crippen LogP contribution is 2.34. The first-order valence-corrected chi connectivity index (χ1v) is 5.98. The van der Waals surface area contributed by atoms with E-state index in [1.807, 2.05) is 0 Å². The molecule has 0 spiro atoms. The van der Waals surface area contributed by atoms with Gasteiger partial charge in [0.25, 0.3) is 0 Å². The molecule has 0 aliphatic carbocycles. The SMILES string of the molecule is CC1OCCC1NC(c1ccccc1)C(F)(F)F. The van der Waals surface area contributed by atoms with Crippen molar-refractivity contribution in [2.24, 2.45) is 0 Å². The molecule has 1 aromatic carbocycles. The number of rotatable bonds is 3. The predicted octanol–water partition coefficient (Wildman–Crippen LogP) is 3.06. The summed E-state index contributed by atoms with van der Waals surface area (Å²) in [4.78, 5) is 0. The van der Waals surface area contributed by atoms with Gasteiger partial charge >= 0.3 is 6.18 Å². The Morgan fingerprint density at radius 1 is 1.28 bits per heavy atom. The average molecular weight is 259 g/mol. The Hall–Kier alpha value is -1.07. The van der Waals surface area contributed by atoms with Crippen molar-refractivity contribution in [3.8, 4) is 0 Å². The third kappa shape index (κ3) is 3.03. The summed E-state index contributed by atoms with van der Waals surface area (Å²) in [5.74, 6) is 0. The maximum atomic E-state index is 13.1. The van der Waals surface area contributed by atoms with Crippen LogP contribution in [0.5, 0.6) is 0 Å². The van der Waals surface area contributed by atoms with Crippen molar-refractivity contribution in [3.05, 3.63) is 35.9 Å². The molecule has 1 N–H and O–H groups in total. The van der Waals surface area contributed by atoms with Gasteiger partial charge in [0.1, 0.15) is 6.04 Å². The van der Waals surface area contributed by atoms with E-state index in [0.717, 1.165) is 0 Å². The topological polar surface area (TPSA) is 21.3 Å². The number of benzene rings is 1. The molecule has 2 nitrogen and oxygen atoms in total. The molecule has 1 heterocycles. The zero-order valence-electron chi connectivity index (χ0n) is 10.1. The zero-order chi connectivity index (χ0) is 13.2. The van der Waals surface area contributed by atoms with Crippen LogP contribution in [0.2, 0.25) is 0 Å². The largest absolute Gasteiger partial charge is 0.407 e. The monoisotopic (exact) mass is 259 g/mol. The molecule has 0 radical (unpaired) electrons. The summed E-state index contributed by atoms with van der Waals surface area (Å²) in [5.41, 5.74) is 0.240. The summed E-state index contributed by atoms with van der Waals surface area (Å²) in [5, 5.41) is 2.67. The maximum Gasteiger partial charge on any atom is 0.407 e. The normalized spacial score (nSPS) is 26.2. The molecule has 0 amide bonds. The molecule has 0 saturated carbocycles. The van der Waals surface area contributed by atoms with Gasteiger partial charge in [-0.2, -0.15) is 13.2 Å². The molecule has 100 valence electrons. The van der Waals surface area contributed by atoms with Crippen LogP contribution in [0.3, 0.4) is 0 Å². The molecular weight excluding hydrogens is 243 g/mol. The van der Waals surface area contributed by atoms with Gasteiger partial charge in [0.05, 0.1) is 6.10 Å². The fourth-order valence-corrected chi connectivity index (χ4v) is 2.19. The van der Waals surface area contributed by atoms with E-state index in [0.29, 0.717) is 13.0 Å². The third-order valence-electron chi connectivity index (χ3n) is 3.22. The van der Waals surface area contributed by atoms with E-state index in [4.69, 9.17) is 4.74 Å². The molecule has 1 aliphatic rings. The molecule has 1 aliphatic heterocycles. The van der Waals surface area contributed by atoms with Crippen molar-refractivity contribution in [3.63, 3.8) is 0 Å². The molecule has 3 atom stereocenters. The summed E-state index contributed by atoms with van der Waals surface area (Å²) < 4.78 is 44.5. The summed E-state index contributed by atoms with van der Waals surface area (Å²) in [7, 11) is 0. The van der Waals surface area contributed by atoms with E-state index in [9.17, 15) is 13.2 Å². The van der Waals surface area contributed by atoms with Crippen LogP contribution in [0.4, 0.5) is 13.2 Å². The third-order valence-corrected chi connectivity index (χ3v) is 3.22. The summed E-state index contributed by atoms with van der Waals surface area (Å²) in [6.07, 6.45) is -3.87. The van der Waals surface area contributed by atoms with Gasteiger partial charge in [0.15, 0.2) is 0 Å². The first-order chi connectivity index (χ1) is 8.48. The van der Waals surface area contributed by atoms with Gasteiger partial charge < -0.3 is 4.74 Å². The number of hydrogen-bond donors (Lipinski definition) is 1. The van der Waals surface area contributed by atoms with Crippen molar-refractivity contribution >= 4 is 0 Å². The maximum absolute atomic E-state index is 13.1. The van der Waals surface area contributed by atoms with Gasteiger partial charge in [-0.1, -0.05) is 30.3 Å². The zero-order valence-corrected chi connectivity index (χ0v) is 10.1. The van der Waals surface area contributed by atoms with E-state index in [2.05, 4.69) is 5.32 Å². The van der Waals surface area contributed by atoms with Crippen LogP contribution < -0.4 is 5.32 Å². The van der Waals surface area contributed by atoms with Crippen molar-refractivity contribution < 1.29 is 17.9 Å². The van der Waals surface area contributed by atoms with Crippen LogP contribution in [-0.4, -0.2) is 24.9 Å². The fourth-order valence-electron chi connectivity index (χ4n) is 2.19. The standard InChI is InChI=1S/C13H16F3NO/c1-9-11(7-8-18-9)17-12(13(14,15)16)10-5-3-2-4-6-10/h2-6,9,11-12,17H,7-8H2,1H3. The predicted molar refractivity (Wildman–Crippen MR) is 62.2 cm³/mol. The minimum Gasteiger partial charge on any atom is -0.377 e. The van der Waals surface area contributed by atoms with Crippen LogP contribution in [-0.2, 0) is 4.74 Å². The molecular formula is C13H16F3NO. The summed E-state index contributed by atoms with van der Waals surface area (Å²) in [6.45, 7) is 2.31. The lowest BCUT2D eigenvalue weighted by molar-refractivity contribution is -0.160. The van der Waals surface area contributed by atoms with Crippen LogP contribution in [0, 0.1) is 0 Å². The lowest BCUT2D eigenvalue weighted by Crippen LogP contribution is -2.43. The molecule has 0 bridgehead atoms. The lowest BCUT2D eigenvalue weighted by atomic mass is 10.0. The molecule has 1 aromatic rings. The molecule has 3 unspecified atom stereocenters. The molecule has 1 fully saturated rings. The van der Waals surface area contributed by atoms with E-state index < -0.39 is 12.2 Å². The van der Waals surface area contributed by atoms with Gasteiger partial charge in [-0.05, 0) is 18.9 Å². The minimum atomic E-state index is -4.30. The highest BCUT2D eigenvalue weighted by Gasteiger charge is 2.43. The number of nitrogens with one attached hydrogen (secondary N) is 1. The molecule has 1 saturated heterocycles. The Labute approximate surface area is 104 Å². The Bertz CT molecular complexity index is 380. The Morgan fingerprint density at radius 2 is 1.94 bits per heavy atom. The van der Waals surface area contributed by atoms with Crippen molar-refractivity contribution in [2.75, 3.05) is 6.61 Å². The Morgan fingerprint density at radius 3 is 2.44 bits per heavy atom. The summed E-state index contributed by atoms with van der Waals surface area (Å²) in [6, 6.07) is 6.04.